The molecule has 4 aromatic rings. The van der Waals surface area contributed by atoms with Gasteiger partial charge in [-0.15, -0.1) is 11.3 Å². The summed E-state index contributed by atoms with van der Waals surface area (Å²) in [5.41, 5.74) is 1.67. The van der Waals surface area contributed by atoms with Crippen LogP contribution in [0.4, 0.5) is 18.2 Å². The van der Waals surface area contributed by atoms with Crippen LogP contribution in [0.15, 0.2) is 36.5 Å². The van der Waals surface area contributed by atoms with Crippen LogP contribution in [0.2, 0.25) is 0 Å². The molecule has 10 heteroatoms. The number of fused-ring (bicyclic) bond motifs is 2. The minimum absolute atomic E-state index is 0.0805. The van der Waals surface area contributed by atoms with Gasteiger partial charge in [0.25, 0.3) is 5.91 Å². The Hall–Kier alpha value is -3.71. The van der Waals surface area contributed by atoms with Crippen molar-refractivity contribution in [3.8, 4) is 17.3 Å². The Kier molecular flexibility index (Phi) is 6.30. The Morgan fingerprint density at radius 1 is 1.21 bits per heavy atom. The minimum atomic E-state index is -4.72. The monoisotopic (exact) mass is 537 g/mol. The lowest BCUT2D eigenvalue weighted by atomic mass is 9.72. The number of nitrogens with zero attached hydrogens (tertiary/aromatic N) is 4. The smallest absolute Gasteiger partial charge is 0.312 e. The number of hydrogen-bond donors (Lipinski definition) is 1. The number of alkyl halides is 3. The number of aromatic nitrogens is 3. The van der Waals surface area contributed by atoms with Crippen LogP contribution >= 0.6 is 11.3 Å². The summed E-state index contributed by atoms with van der Waals surface area (Å²) < 4.78 is 42.5. The molecule has 0 aliphatic heterocycles. The van der Waals surface area contributed by atoms with Crippen LogP contribution in [0.5, 0.6) is 0 Å². The van der Waals surface area contributed by atoms with Crippen molar-refractivity contribution in [2.45, 2.75) is 53.1 Å². The molecule has 1 atom stereocenters. The second-order valence-electron chi connectivity index (χ2n) is 10.8. The molecule has 0 saturated heterocycles. The van der Waals surface area contributed by atoms with Gasteiger partial charge in [-0.05, 0) is 49.1 Å². The van der Waals surface area contributed by atoms with Crippen molar-refractivity contribution in [2.24, 2.45) is 11.3 Å². The van der Waals surface area contributed by atoms with Gasteiger partial charge in [-0.1, -0.05) is 50.6 Å². The van der Waals surface area contributed by atoms with E-state index >= 15 is 0 Å². The van der Waals surface area contributed by atoms with E-state index in [1.165, 1.54) is 11.3 Å². The summed E-state index contributed by atoms with van der Waals surface area (Å²) >= 11 is 1.36. The number of rotatable bonds is 3. The summed E-state index contributed by atoms with van der Waals surface area (Å²) in [7, 11) is 0. The third kappa shape index (κ3) is 4.67. The first kappa shape index (κ1) is 25.9. The number of hydrogen-bond acceptors (Lipinski definition) is 5. The van der Waals surface area contributed by atoms with Crippen molar-refractivity contribution >= 4 is 27.9 Å². The molecule has 196 valence electrons. The first-order valence-corrected chi connectivity index (χ1v) is 13.1. The number of nitriles is 1. The lowest BCUT2D eigenvalue weighted by Gasteiger charge is -2.33. The third-order valence-electron chi connectivity index (χ3n) is 7.18. The molecule has 0 unspecified atom stereocenters. The Morgan fingerprint density at radius 2 is 1.92 bits per heavy atom. The van der Waals surface area contributed by atoms with Gasteiger partial charge in [0, 0.05) is 10.4 Å². The maximum Gasteiger partial charge on any atom is 0.433 e. The molecular formula is C28H26F3N5OS. The molecule has 0 bridgehead atoms. The van der Waals surface area contributed by atoms with E-state index < -0.39 is 17.8 Å². The van der Waals surface area contributed by atoms with Gasteiger partial charge < -0.3 is 5.32 Å². The number of benzene rings is 1. The third-order valence-corrected chi connectivity index (χ3v) is 8.35. The van der Waals surface area contributed by atoms with Gasteiger partial charge in [-0.2, -0.15) is 23.5 Å². The van der Waals surface area contributed by atoms with Gasteiger partial charge in [-0.25, -0.2) is 9.50 Å². The maximum atomic E-state index is 14.0. The lowest BCUT2D eigenvalue weighted by Crippen LogP contribution is -2.26. The fourth-order valence-electron chi connectivity index (χ4n) is 4.90. The van der Waals surface area contributed by atoms with Crippen LogP contribution in [0.25, 0.3) is 16.9 Å². The Morgan fingerprint density at radius 3 is 2.55 bits per heavy atom. The summed E-state index contributed by atoms with van der Waals surface area (Å²) in [5, 5.41) is 16.9. The fraction of sp³-hybridized carbons (Fsp3) is 0.357. The summed E-state index contributed by atoms with van der Waals surface area (Å²) in [6.45, 7) is 8.47. The van der Waals surface area contributed by atoms with E-state index in [-0.39, 0.29) is 22.3 Å². The Balaban J connectivity index is 1.54. The molecule has 38 heavy (non-hydrogen) atoms. The molecule has 3 heterocycles. The van der Waals surface area contributed by atoms with Crippen LogP contribution < -0.4 is 5.32 Å². The largest absolute Gasteiger partial charge is 0.433 e. The van der Waals surface area contributed by atoms with Crippen molar-refractivity contribution in [1.82, 2.24) is 14.6 Å². The molecule has 0 saturated carbocycles. The molecule has 3 aromatic heterocycles. The first-order valence-electron chi connectivity index (χ1n) is 12.3. The van der Waals surface area contributed by atoms with E-state index in [0.29, 0.717) is 26.6 Å². The molecule has 0 spiro atoms. The number of nitrogens with one attached hydrogen (secondary N) is 1. The zero-order chi connectivity index (χ0) is 27.4. The van der Waals surface area contributed by atoms with Crippen LogP contribution in [0.1, 0.15) is 64.8 Å². The molecule has 1 aliphatic carbocycles. The molecule has 5 rings (SSSR count). The molecule has 0 fully saturated rings. The minimum Gasteiger partial charge on any atom is -0.312 e. The highest BCUT2D eigenvalue weighted by Crippen LogP contribution is 2.44. The second kappa shape index (κ2) is 9.24. The fourth-order valence-corrected chi connectivity index (χ4v) is 6.17. The Bertz CT molecular complexity index is 1590. The van der Waals surface area contributed by atoms with Crippen molar-refractivity contribution in [3.63, 3.8) is 0 Å². The summed E-state index contributed by atoms with van der Waals surface area (Å²) in [6, 6.07) is 10.1. The number of carbonyl (C=O) groups excluding carboxylic acids is 1. The summed E-state index contributed by atoms with van der Waals surface area (Å²) in [6.07, 6.45) is -1.11. The van der Waals surface area contributed by atoms with Gasteiger partial charge in [0.2, 0.25) is 0 Å². The van der Waals surface area contributed by atoms with Crippen LogP contribution in [0.3, 0.4) is 0 Å². The van der Waals surface area contributed by atoms with E-state index in [1.807, 2.05) is 6.92 Å². The van der Waals surface area contributed by atoms with Gasteiger partial charge >= 0.3 is 6.18 Å². The summed E-state index contributed by atoms with van der Waals surface area (Å²) in [4.78, 5) is 18.8. The SMILES string of the molecule is Cc1ccc(-c2cc(C(F)(F)F)n3ncc(C(=O)Nc4sc5c(c4C#N)CC[C@@H](C(C)(C)C)C5)c3n2)cc1. The van der Waals surface area contributed by atoms with E-state index in [1.54, 1.807) is 24.3 Å². The van der Waals surface area contributed by atoms with Crippen LogP contribution in [-0.2, 0) is 19.0 Å². The first-order chi connectivity index (χ1) is 17.9. The van der Waals surface area contributed by atoms with Crippen molar-refractivity contribution < 1.29 is 18.0 Å². The maximum absolute atomic E-state index is 14.0. The predicted octanol–water partition coefficient (Wildman–Crippen LogP) is 7.06. The standard InChI is InChI=1S/C28H26F3N5OS/c1-15-5-7-16(8-6-15)21-12-23(28(29,30)31)36-24(34-21)20(14-33-36)25(37)35-26-19(13-32)18-10-9-17(27(2,3)4)11-22(18)38-26/h5-8,12,14,17H,9-11H2,1-4H3,(H,35,37)/t17-/m1/s1. The summed E-state index contributed by atoms with van der Waals surface area (Å²) in [5.74, 6) is -0.210. The highest BCUT2D eigenvalue weighted by molar-refractivity contribution is 7.16. The number of thiophene rings is 1. The Labute approximate surface area is 222 Å². The van der Waals surface area contributed by atoms with E-state index in [0.717, 1.165) is 47.5 Å². The zero-order valence-electron chi connectivity index (χ0n) is 21.4. The molecular weight excluding hydrogens is 511 g/mol. The molecule has 1 amide bonds. The topological polar surface area (TPSA) is 83.1 Å². The number of halogens is 3. The number of amides is 1. The van der Waals surface area contributed by atoms with Crippen molar-refractivity contribution in [2.75, 3.05) is 5.32 Å². The van der Waals surface area contributed by atoms with E-state index in [4.69, 9.17) is 0 Å². The number of carbonyl (C=O) groups is 1. The molecule has 1 N–H and O–H groups in total. The number of aryl methyl sites for hydroxylation is 1. The van der Waals surface area contributed by atoms with E-state index in [2.05, 4.69) is 42.2 Å². The quantitative estimate of drug-likeness (QED) is 0.303. The van der Waals surface area contributed by atoms with Crippen molar-refractivity contribution in [1.29, 1.82) is 5.26 Å². The average Bonchev–Trinajstić information content (AvgIpc) is 3.43. The predicted molar refractivity (Wildman–Crippen MR) is 140 cm³/mol. The van der Waals surface area contributed by atoms with Crippen molar-refractivity contribution in [3.05, 3.63) is 69.4 Å². The molecule has 1 aromatic carbocycles. The van der Waals surface area contributed by atoms with Gasteiger partial charge in [0.05, 0.1) is 17.5 Å². The van der Waals surface area contributed by atoms with Gasteiger partial charge in [0.15, 0.2) is 11.3 Å². The normalized spacial score (nSPS) is 15.8. The molecule has 6 nitrogen and oxygen atoms in total. The zero-order valence-corrected chi connectivity index (χ0v) is 22.2. The average molecular weight is 538 g/mol. The van der Waals surface area contributed by atoms with Gasteiger partial charge in [-0.3, -0.25) is 4.79 Å². The number of anilines is 1. The molecule has 0 radical (unpaired) electrons. The van der Waals surface area contributed by atoms with Gasteiger partial charge in [0.1, 0.15) is 16.6 Å². The molecule has 1 aliphatic rings. The van der Waals surface area contributed by atoms with Crippen LogP contribution in [-0.4, -0.2) is 20.5 Å². The lowest BCUT2D eigenvalue weighted by molar-refractivity contribution is -0.142. The highest BCUT2D eigenvalue weighted by Gasteiger charge is 2.36. The van der Waals surface area contributed by atoms with E-state index in [9.17, 15) is 23.2 Å². The van der Waals surface area contributed by atoms with Crippen LogP contribution in [0, 0.1) is 29.6 Å². The highest BCUT2D eigenvalue weighted by atomic mass is 32.1. The second-order valence-corrected chi connectivity index (χ2v) is 11.9.